The van der Waals surface area contributed by atoms with E-state index in [0.717, 1.165) is 32.1 Å². The summed E-state index contributed by atoms with van der Waals surface area (Å²) in [7, 11) is -3.52. The molecular formula is C21H30N2O5S. The van der Waals surface area contributed by atoms with Crippen molar-refractivity contribution in [2.45, 2.75) is 69.4 Å². The van der Waals surface area contributed by atoms with E-state index in [1.165, 1.54) is 35.0 Å². The average molecular weight is 423 g/mol. The van der Waals surface area contributed by atoms with Gasteiger partial charge in [0.1, 0.15) is 0 Å². The van der Waals surface area contributed by atoms with Crippen molar-refractivity contribution in [3.05, 3.63) is 29.8 Å². The molecule has 3 rings (SSSR count). The van der Waals surface area contributed by atoms with Crippen LogP contribution in [-0.2, 0) is 19.6 Å². The summed E-state index contributed by atoms with van der Waals surface area (Å²) in [5, 5.41) is 2.98. The van der Waals surface area contributed by atoms with Gasteiger partial charge in [0, 0.05) is 19.1 Å². The van der Waals surface area contributed by atoms with E-state index >= 15 is 0 Å². The fraction of sp³-hybridized carbons (Fsp3) is 0.619. The molecule has 7 nitrogen and oxygen atoms in total. The molecule has 2 aliphatic rings. The fourth-order valence-corrected chi connectivity index (χ4v) is 5.47. The molecule has 0 unspecified atom stereocenters. The van der Waals surface area contributed by atoms with Crippen LogP contribution in [0.5, 0.6) is 0 Å². The number of carbonyl (C=O) groups is 2. The summed E-state index contributed by atoms with van der Waals surface area (Å²) in [4.78, 5) is 24.9. The highest BCUT2D eigenvalue weighted by atomic mass is 32.2. The third-order valence-corrected chi connectivity index (χ3v) is 7.80. The molecule has 1 aromatic rings. The first-order chi connectivity index (χ1) is 13.8. The summed E-state index contributed by atoms with van der Waals surface area (Å²) in [6, 6.07) is 5.81. The van der Waals surface area contributed by atoms with Crippen molar-refractivity contribution < 1.29 is 22.7 Å². The van der Waals surface area contributed by atoms with E-state index in [1.807, 2.05) is 0 Å². The van der Waals surface area contributed by atoms with Gasteiger partial charge in [0.25, 0.3) is 5.91 Å². The molecule has 0 bridgehead atoms. The quantitative estimate of drug-likeness (QED) is 0.712. The lowest BCUT2D eigenvalue weighted by atomic mass is 9.86. The molecule has 8 heteroatoms. The molecule has 2 fully saturated rings. The maximum Gasteiger partial charge on any atom is 0.338 e. The number of nitrogens with one attached hydrogen (secondary N) is 1. The first-order valence-corrected chi connectivity index (χ1v) is 11.8. The Balaban J connectivity index is 1.58. The van der Waals surface area contributed by atoms with Crippen molar-refractivity contribution in [3.63, 3.8) is 0 Å². The summed E-state index contributed by atoms with van der Waals surface area (Å²) in [6.07, 6.45) is 5.13. The molecular weight excluding hydrogens is 392 g/mol. The lowest BCUT2D eigenvalue weighted by molar-refractivity contribution is -0.130. The Morgan fingerprint density at radius 2 is 1.69 bits per heavy atom. The van der Waals surface area contributed by atoms with Crippen LogP contribution >= 0.6 is 0 Å². The van der Waals surface area contributed by atoms with Crippen LogP contribution in [0.25, 0.3) is 0 Å². The zero-order valence-corrected chi connectivity index (χ0v) is 17.9. The van der Waals surface area contributed by atoms with Gasteiger partial charge in [-0.25, -0.2) is 13.2 Å². The van der Waals surface area contributed by atoms with E-state index in [2.05, 4.69) is 12.2 Å². The number of hydrogen-bond acceptors (Lipinski definition) is 5. The highest BCUT2D eigenvalue weighted by molar-refractivity contribution is 7.89. The normalized spacial score (nSPS) is 24.1. The Labute approximate surface area is 172 Å². The van der Waals surface area contributed by atoms with E-state index in [1.54, 1.807) is 6.92 Å². The summed E-state index contributed by atoms with van der Waals surface area (Å²) in [6.45, 7) is 4.72. The van der Waals surface area contributed by atoms with Gasteiger partial charge in [-0.1, -0.05) is 19.8 Å². The number of benzene rings is 1. The van der Waals surface area contributed by atoms with Gasteiger partial charge < -0.3 is 10.1 Å². The molecule has 0 aromatic heterocycles. The average Bonchev–Trinajstić information content (AvgIpc) is 3.25. The van der Waals surface area contributed by atoms with Crippen LogP contribution in [0, 0.1) is 5.92 Å². The molecule has 1 aliphatic heterocycles. The largest absolute Gasteiger partial charge is 0.449 e. The minimum atomic E-state index is -3.52. The van der Waals surface area contributed by atoms with Gasteiger partial charge in [0.15, 0.2) is 6.10 Å². The van der Waals surface area contributed by atoms with E-state index in [9.17, 15) is 18.0 Å². The van der Waals surface area contributed by atoms with E-state index in [-0.39, 0.29) is 22.4 Å². The predicted molar refractivity (Wildman–Crippen MR) is 109 cm³/mol. The molecule has 29 heavy (non-hydrogen) atoms. The monoisotopic (exact) mass is 422 g/mol. The van der Waals surface area contributed by atoms with Crippen molar-refractivity contribution in [1.82, 2.24) is 9.62 Å². The molecule has 0 spiro atoms. The number of ether oxygens (including phenoxy) is 1. The second-order valence-corrected chi connectivity index (χ2v) is 10.00. The lowest BCUT2D eigenvalue weighted by Crippen LogP contribution is -2.45. The van der Waals surface area contributed by atoms with Gasteiger partial charge in [-0.2, -0.15) is 4.31 Å². The number of carbonyl (C=O) groups excluding carboxylic acids is 2. The van der Waals surface area contributed by atoms with Gasteiger partial charge in [0.2, 0.25) is 10.0 Å². The van der Waals surface area contributed by atoms with Crippen molar-refractivity contribution in [1.29, 1.82) is 0 Å². The lowest BCUT2D eigenvalue weighted by Gasteiger charge is -2.30. The molecule has 1 aliphatic carbocycles. The van der Waals surface area contributed by atoms with Gasteiger partial charge in [-0.3, -0.25) is 4.79 Å². The number of nitrogens with zero attached hydrogens (tertiary/aromatic N) is 1. The third kappa shape index (κ3) is 5.17. The molecule has 0 radical (unpaired) electrons. The maximum atomic E-state index is 12.6. The smallest absolute Gasteiger partial charge is 0.338 e. The van der Waals surface area contributed by atoms with Crippen molar-refractivity contribution in [3.8, 4) is 0 Å². The van der Waals surface area contributed by atoms with E-state index in [0.29, 0.717) is 19.0 Å². The molecule has 1 amide bonds. The zero-order valence-electron chi connectivity index (χ0n) is 17.1. The second kappa shape index (κ2) is 9.26. The maximum absolute atomic E-state index is 12.6. The van der Waals surface area contributed by atoms with Crippen LogP contribution in [0.3, 0.4) is 0 Å². The number of hydrogen-bond donors (Lipinski definition) is 1. The van der Waals surface area contributed by atoms with Gasteiger partial charge >= 0.3 is 5.97 Å². The molecule has 1 aromatic carbocycles. The Morgan fingerprint density at radius 1 is 1.07 bits per heavy atom. The van der Waals surface area contributed by atoms with Crippen molar-refractivity contribution in [2.75, 3.05) is 13.1 Å². The summed E-state index contributed by atoms with van der Waals surface area (Å²) < 4.78 is 31.9. The van der Waals surface area contributed by atoms with Crippen molar-refractivity contribution in [2.24, 2.45) is 5.92 Å². The number of esters is 1. The first kappa shape index (κ1) is 21.8. The van der Waals surface area contributed by atoms with Crippen LogP contribution in [0.2, 0.25) is 0 Å². The fourth-order valence-electron chi connectivity index (χ4n) is 3.95. The number of amides is 1. The minimum Gasteiger partial charge on any atom is -0.449 e. The van der Waals surface area contributed by atoms with Crippen LogP contribution in [0.1, 0.15) is 62.7 Å². The van der Waals surface area contributed by atoms with E-state index in [4.69, 9.17) is 4.74 Å². The van der Waals surface area contributed by atoms with Crippen LogP contribution in [0.15, 0.2) is 29.2 Å². The van der Waals surface area contributed by atoms with Gasteiger partial charge in [-0.15, -0.1) is 0 Å². The summed E-state index contributed by atoms with van der Waals surface area (Å²) in [5.41, 5.74) is 0.219. The highest BCUT2D eigenvalue weighted by Crippen LogP contribution is 2.24. The van der Waals surface area contributed by atoms with Crippen LogP contribution < -0.4 is 5.32 Å². The summed E-state index contributed by atoms with van der Waals surface area (Å²) in [5.74, 6) is -0.527. The molecule has 160 valence electrons. The summed E-state index contributed by atoms with van der Waals surface area (Å²) >= 11 is 0. The van der Waals surface area contributed by atoms with Gasteiger partial charge in [-0.05, 0) is 62.8 Å². The Morgan fingerprint density at radius 3 is 2.31 bits per heavy atom. The highest BCUT2D eigenvalue weighted by Gasteiger charge is 2.28. The first-order valence-electron chi connectivity index (χ1n) is 10.4. The topological polar surface area (TPSA) is 92.8 Å². The standard InChI is InChI=1S/C21H30N2O5S/c1-15-7-3-4-8-19(15)22-20(24)16(2)28-21(25)17-9-11-18(12-10-17)29(26,27)23-13-5-6-14-23/h9-12,15-16,19H,3-8,13-14H2,1-2H3,(H,22,24)/t15-,16+,19+/m0/s1. The second-order valence-electron chi connectivity index (χ2n) is 8.06. The molecule has 1 saturated heterocycles. The zero-order chi connectivity index (χ0) is 21.0. The number of rotatable bonds is 6. The molecule has 1 saturated carbocycles. The predicted octanol–water partition coefficient (Wildman–Crippen LogP) is 2.71. The van der Waals surface area contributed by atoms with Crippen LogP contribution in [-0.4, -0.2) is 49.8 Å². The third-order valence-electron chi connectivity index (χ3n) is 5.89. The SMILES string of the molecule is C[C@@H](OC(=O)c1ccc(S(=O)(=O)N2CCCC2)cc1)C(=O)N[C@@H]1CCCC[C@@H]1C. The molecule has 3 atom stereocenters. The minimum absolute atomic E-state index is 0.118. The Bertz CT molecular complexity index is 831. The van der Waals surface area contributed by atoms with Gasteiger partial charge in [0.05, 0.1) is 10.5 Å². The molecule has 1 heterocycles. The van der Waals surface area contributed by atoms with E-state index < -0.39 is 22.1 Å². The van der Waals surface area contributed by atoms with Crippen molar-refractivity contribution >= 4 is 21.9 Å². The molecule has 1 N–H and O–H groups in total. The Kier molecular flexibility index (Phi) is 6.95. The number of sulfonamides is 1. The Hall–Kier alpha value is -1.93. The van der Waals surface area contributed by atoms with Crippen LogP contribution in [0.4, 0.5) is 0 Å².